The molecule has 1 aliphatic rings. The summed E-state index contributed by atoms with van der Waals surface area (Å²) in [5.74, 6) is 1.33. The van der Waals surface area contributed by atoms with Gasteiger partial charge in [-0.1, -0.05) is 18.5 Å². The summed E-state index contributed by atoms with van der Waals surface area (Å²) >= 11 is 9.67. The predicted octanol–water partition coefficient (Wildman–Crippen LogP) is 3.80. The van der Waals surface area contributed by atoms with Gasteiger partial charge in [-0.05, 0) is 47.4 Å². The van der Waals surface area contributed by atoms with Crippen molar-refractivity contribution in [2.45, 2.75) is 25.5 Å². The molecule has 19 heavy (non-hydrogen) atoms. The standard InChI is InChI=1S/C14H19BrClNO2/c1-8-4-5-19-13(8)12(17-2)10-6-9(16)7-11(15)14(10)18-3/h6-8,12-13,17H,4-5H2,1-3H3. The zero-order valence-corrected chi connectivity index (χ0v) is 13.7. The van der Waals surface area contributed by atoms with Gasteiger partial charge in [0.1, 0.15) is 5.75 Å². The zero-order valence-electron chi connectivity index (χ0n) is 11.4. The molecule has 0 spiro atoms. The van der Waals surface area contributed by atoms with Gasteiger partial charge in [-0.2, -0.15) is 0 Å². The second kappa shape index (κ2) is 6.44. The molecule has 1 N–H and O–H groups in total. The van der Waals surface area contributed by atoms with Crippen molar-refractivity contribution in [1.29, 1.82) is 0 Å². The first-order valence-electron chi connectivity index (χ1n) is 6.40. The number of nitrogens with one attached hydrogen (secondary N) is 1. The second-order valence-electron chi connectivity index (χ2n) is 4.88. The van der Waals surface area contributed by atoms with Crippen LogP contribution in [0.1, 0.15) is 24.9 Å². The van der Waals surface area contributed by atoms with Crippen LogP contribution in [0.3, 0.4) is 0 Å². The van der Waals surface area contributed by atoms with Gasteiger partial charge in [-0.3, -0.25) is 0 Å². The summed E-state index contributed by atoms with van der Waals surface area (Å²) in [5, 5.41) is 4.02. The van der Waals surface area contributed by atoms with Crippen molar-refractivity contribution in [3.05, 3.63) is 27.2 Å². The van der Waals surface area contributed by atoms with Gasteiger partial charge in [0.2, 0.25) is 0 Å². The summed E-state index contributed by atoms with van der Waals surface area (Å²) in [4.78, 5) is 0. The number of benzene rings is 1. The molecule has 0 amide bonds. The predicted molar refractivity (Wildman–Crippen MR) is 81.0 cm³/mol. The van der Waals surface area contributed by atoms with Crippen molar-refractivity contribution in [3.8, 4) is 5.75 Å². The van der Waals surface area contributed by atoms with Crippen LogP contribution in [0.25, 0.3) is 0 Å². The van der Waals surface area contributed by atoms with E-state index in [0.29, 0.717) is 10.9 Å². The SMILES string of the molecule is CNC(c1cc(Cl)cc(Br)c1OC)C1OCCC1C. The molecule has 1 aliphatic heterocycles. The highest BCUT2D eigenvalue weighted by Crippen LogP contribution is 2.40. The number of methoxy groups -OCH3 is 1. The van der Waals surface area contributed by atoms with E-state index in [1.807, 2.05) is 19.2 Å². The van der Waals surface area contributed by atoms with Crippen LogP contribution in [0, 0.1) is 5.92 Å². The largest absolute Gasteiger partial charge is 0.495 e. The van der Waals surface area contributed by atoms with Crippen LogP contribution in [0.15, 0.2) is 16.6 Å². The summed E-state index contributed by atoms with van der Waals surface area (Å²) < 4.78 is 12.2. The molecule has 1 fully saturated rings. The average Bonchev–Trinajstić information content (AvgIpc) is 2.76. The van der Waals surface area contributed by atoms with Crippen molar-refractivity contribution in [2.75, 3.05) is 20.8 Å². The van der Waals surface area contributed by atoms with Gasteiger partial charge in [0, 0.05) is 17.2 Å². The molecule has 1 aromatic rings. The highest BCUT2D eigenvalue weighted by atomic mass is 79.9. The van der Waals surface area contributed by atoms with E-state index in [9.17, 15) is 0 Å². The summed E-state index contributed by atoms with van der Waals surface area (Å²) in [5.41, 5.74) is 1.03. The number of hydrogen-bond acceptors (Lipinski definition) is 3. The Bertz CT molecular complexity index is 455. The van der Waals surface area contributed by atoms with Gasteiger partial charge < -0.3 is 14.8 Å². The Labute approximate surface area is 127 Å². The summed E-state index contributed by atoms with van der Waals surface area (Å²) in [6.45, 7) is 3.03. The second-order valence-corrected chi connectivity index (χ2v) is 6.17. The Balaban J connectivity index is 2.42. The summed E-state index contributed by atoms with van der Waals surface area (Å²) in [7, 11) is 3.61. The normalized spacial score (nSPS) is 24.5. The molecule has 1 aromatic carbocycles. The number of halogens is 2. The molecule has 0 radical (unpaired) electrons. The molecule has 106 valence electrons. The molecule has 0 aromatic heterocycles. The van der Waals surface area contributed by atoms with Crippen molar-refractivity contribution >= 4 is 27.5 Å². The van der Waals surface area contributed by atoms with Crippen molar-refractivity contribution in [1.82, 2.24) is 5.32 Å². The summed E-state index contributed by atoms with van der Waals surface area (Å²) in [6.07, 6.45) is 1.23. The minimum atomic E-state index is 0.0717. The van der Waals surface area contributed by atoms with Crippen LogP contribution in [-0.4, -0.2) is 26.9 Å². The first kappa shape index (κ1) is 15.1. The average molecular weight is 349 g/mol. The lowest BCUT2D eigenvalue weighted by molar-refractivity contribution is 0.0623. The molecule has 1 saturated heterocycles. The van der Waals surface area contributed by atoms with Crippen LogP contribution in [0.5, 0.6) is 5.75 Å². The lowest BCUT2D eigenvalue weighted by Gasteiger charge is -2.28. The molecule has 2 rings (SSSR count). The monoisotopic (exact) mass is 347 g/mol. The third-order valence-electron chi connectivity index (χ3n) is 3.66. The number of likely N-dealkylation sites (N-methyl/N-ethyl adjacent to an activating group) is 1. The highest BCUT2D eigenvalue weighted by molar-refractivity contribution is 9.10. The molecular formula is C14H19BrClNO2. The topological polar surface area (TPSA) is 30.5 Å². The Hall–Kier alpha value is -0.290. The van der Waals surface area contributed by atoms with Gasteiger partial charge in [0.15, 0.2) is 0 Å². The zero-order chi connectivity index (χ0) is 14.0. The lowest BCUT2D eigenvalue weighted by Crippen LogP contribution is -2.33. The molecule has 1 heterocycles. The summed E-state index contributed by atoms with van der Waals surface area (Å²) in [6, 6.07) is 3.86. The van der Waals surface area contributed by atoms with E-state index in [4.69, 9.17) is 21.1 Å². The Morgan fingerprint density at radius 1 is 1.53 bits per heavy atom. The smallest absolute Gasteiger partial charge is 0.138 e. The first-order chi connectivity index (χ1) is 9.08. The Morgan fingerprint density at radius 3 is 2.79 bits per heavy atom. The third-order valence-corrected chi connectivity index (χ3v) is 4.47. The van der Waals surface area contributed by atoms with Crippen molar-refractivity contribution in [3.63, 3.8) is 0 Å². The van der Waals surface area contributed by atoms with Crippen LogP contribution in [-0.2, 0) is 4.74 Å². The highest BCUT2D eigenvalue weighted by Gasteiger charge is 2.34. The fourth-order valence-corrected chi connectivity index (χ4v) is 3.66. The molecular weight excluding hydrogens is 330 g/mol. The van der Waals surface area contributed by atoms with Crippen LogP contribution < -0.4 is 10.1 Å². The molecule has 3 atom stereocenters. The first-order valence-corrected chi connectivity index (χ1v) is 7.57. The Kier molecular flexibility index (Phi) is 5.12. The van der Waals surface area contributed by atoms with Gasteiger partial charge in [-0.25, -0.2) is 0 Å². The van der Waals surface area contributed by atoms with Crippen molar-refractivity contribution < 1.29 is 9.47 Å². The minimum absolute atomic E-state index is 0.0717. The van der Waals surface area contributed by atoms with Gasteiger partial charge in [0.05, 0.1) is 23.7 Å². The van der Waals surface area contributed by atoms with E-state index in [0.717, 1.165) is 28.8 Å². The minimum Gasteiger partial charge on any atom is -0.495 e. The fraction of sp³-hybridized carbons (Fsp3) is 0.571. The van der Waals surface area contributed by atoms with E-state index < -0.39 is 0 Å². The molecule has 0 saturated carbocycles. The maximum Gasteiger partial charge on any atom is 0.138 e. The maximum absolute atomic E-state index is 6.17. The van der Waals surface area contributed by atoms with Crippen LogP contribution in [0.2, 0.25) is 5.02 Å². The Morgan fingerprint density at radius 2 is 2.26 bits per heavy atom. The molecule has 0 bridgehead atoms. The maximum atomic E-state index is 6.17. The van der Waals surface area contributed by atoms with E-state index in [1.54, 1.807) is 7.11 Å². The van der Waals surface area contributed by atoms with Crippen LogP contribution in [0.4, 0.5) is 0 Å². The van der Waals surface area contributed by atoms with Gasteiger partial charge in [0.25, 0.3) is 0 Å². The van der Waals surface area contributed by atoms with E-state index in [1.165, 1.54) is 0 Å². The van der Waals surface area contributed by atoms with Gasteiger partial charge >= 0.3 is 0 Å². The van der Waals surface area contributed by atoms with Crippen molar-refractivity contribution in [2.24, 2.45) is 5.92 Å². The number of rotatable bonds is 4. The number of ether oxygens (including phenoxy) is 2. The lowest BCUT2D eigenvalue weighted by atomic mass is 9.92. The third kappa shape index (κ3) is 3.07. The van der Waals surface area contributed by atoms with E-state index >= 15 is 0 Å². The van der Waals surface area contributed by atoms with Crippen LogP contribution >= 0.6 is 27.5 Å². The molecule has 3 unspecified atom stereocenters. The molecule has 3 nitrogen and oxygen atoms in total. The molecule has 0 aliphatic carbocycles. The van der Waals surface area contributed by atoms with E-state index in [2.05, 4.69) is 28.2 Å². The molecule has 5 heteroatoms. The van der Waals surface area contributed by atoms with E-state index in [-0.39, 0.29) is 12.1 Å². The quantitative estimate of drug-likeness (QED) is 0.898. The van der Waals surface area contributed by atoms with Gasteiger partial charge in [-0.15, -0.1) is 0 Å². The number of hydrogen-bond donors (Lipinski definition) is 1. The fourth-order valence-electron chi connectivity index (χ4n) is 2.67.